The number of ketones is 1. The van der Waals surface area contributed by atoms with Crippen LogP contribution in [0.1, 0.15) is 12.5 Å². The van der Waals surface area contributed by atoms with Crippen LogP contribution in [0.25, 0.3) is 0 Å². The molecule has 17 heavy (non-hydrogen) atoms. The third-order valence-corrected chi connectivity index (χ3v) is 2.85. The Bertz CT molecular complexity index is 432. The number of amides is 1. The van der Waals surface area contributed by atoms with Crippen LogP contribution in [-0.4, -0.2) is 25.3 Å². The Labute approximate surface area is 108 Å². The van der Waals surface area contributed by atoms with Crippen molar-refractivity contribution in [3.63, 3.8) is 0 Å². The molecule has 0 aromatic heterocycles. The van der Waals surface area contributed by atoms with Gasteiger partial charge in [-0.25, -0.2) is 0 Å². The fourth-order valence-corrected chi connectivity index (χ4v) is 1.90. The van der Waals surface area contributed by atoms with Crippen molar-refractivity contribution in [2.75, 3.05) is 13.7 Å². The fourth-order valence-electron chi connectivity index (χ4n) is 1.31. The number of methoxy groups -OCH3 is 1. The summed E-state index contributed by atoms with van der Waals surface area (Å²) >= 11 is 3.38. The van der Waals surface area contributed by atoms with E-state index in [1.807, 2.05) is 18.2 Å². The predicted octanol–water partition coefficient (Wildman–Crippen LogP) is 1.71. The molecule has 4 nitrogen and oxygen atoms in total. The molecule has 1 rings (SSSR count). The summed E-state index contributed by atoms with van der Waals surface area (Å²) in [6, 6.07) is 5.70. The summed E-state index contributed by atoms with van der Waals surface area (Å²) in [7, 11) is 1.60. The minimum Gasteiger partial charge on any atom is -0.496 e. The summed E-state index contributed by atoms with van der Waals surface area (Å²) in [5.74, 6) is -0.250. The van der Waals surface area contributed by atoms with Crippen molar-refractivity contribution in [1.29, 1.82) is 0 Å². The number of benzene rings is 1. The third kappa shape index (κ3) is 4.19. The summed E-state index contributed by atoms with van der Waals surface area (Å²) in [5.41, 5.74) is 1.06. The molecular formula is C12H14BrNO3. The number of nitrogens with one attached hydrogen (secondary N) is 1. The standard InChI is InChI=1S/C12H14BrNO3/c1-8(15)12(16)14-6-5-9-3-4-11(17-2)10(13)7-9/h3-4,7H,5-6H2,1-2H3,(H,14,16). The predicted molar refractivity (Wildman–Crippen MR) is 68.1 cm³/mol. The average molecular weight is 300 g/mol. The Morgan fingerprint density at radius 1 is 1.41 bits per heavy atom. The molecule has 0 saturated carbocycles. The number of ether oxygens (including phenoxy) is 1. The van der Waals surface area contributed by atoms with E-state index in [4.69, 9.17) is 4.74 Å². The topological polar surface area (TPSA) is 55.4 Å². The van der Waals surface area contributed by atoms with Crippen molar-refractivity contribution >= 4 is 27.6 Å². The highest BCUT2D eigenvalue weighted by molar-refractivity contribution is 9.10. The molecule has 1 N–H and O–H groups in total. The van der Waals surface area contributed by atoms with Crippen LogP contribution in [0.5, 0.6) is 5.75 Å². The maximum atomic E-state index is 11.0. The number of hydrogen-bond donors (Lipinski definition) is 1. The van der Waals surface area contributed by atoms with E-state index in [0.717, 1.165) is 15.8 Å². The van der Waals surface area contributed by atoms with Crippen molar-refractivity contribution in [3.8, 4) is 5.75 Å². The zero-order valence-electron chi connectivity index (χ0n) is 9.75. The van der Waals surface area contributed by atoms with E-state index in [9.17, 15) is 9.59 Å². The molecule has 0 aliphatic rings. The van der Waals surface area contributed by atoms with Crippen LogP contribution in [0.15, 0.2) is 22.7 Å². The lowest BCUT2D eigenvalue weighted by atomic mass is 10.1. The van der Waals surface area contributed by atoms with Gasteiger partial charge in [-0.3, -0.25) is 9.59 Å². The Kier molecular flexibility index (Phi) is 5.15. The van der Waals surface area contributed by atoms with Crippen LogP contribution < -0.4 is 10.1 Å². The van der Waals surface area contributed by atoms with Crippen LogP contribution >= 0.6 is 15.9 Å². The molecule has 0 radical (unpaired) electrons. The molecule has 0 saturated heterocycles. The highest BCUT2D eigenvalue weighted by Crippen LogP contribution is 2.25. The minimum atomic E-state index is -0.544. The Morgan fingerprint density at radius 2 is 2.12 bits per heavy atom. The van der Waals surface area contributed by atoms with E-state index in [1.54, 1.807) is 7.11 Å². The van der Waals surface area contributed by atoms with Gasteiger partial charge in [-0.2, -0.15) is 0 Å². The molecule has 0 atom stereocenters. The van der Waals surface area contributed by atoms with Gasteiger partial charge in [-0.1, -0.05) is 6.07 Å². The molecule has 0 spiro atoms. The SMILES string of the molecule is COc1ccc(CCNC(=O)C(C)=O)cc1Br. The van der Waals surface area contributed by atoms with Crippen molar-refractivity contribution in [2.24, 2.45) is 0 Å². The lowest BCUT2D eigenvalue weighted by Crippen LogP contribution is -2.30. The number of hydrogen-bond acceptors (Lipinski definition) is 3. The molecule has 0 aliphatic heterocycles. The van der Waals surface area contributed by atoms with Gasteiger partial charge in [0.15, 0.2) is 0 Å². The summed E-state index contributed by atoms with van der Waals surface area (Å²) in [6.07, 6.45) is 0.668. The fraction of sp³-hybridized carbons (Fsp3) is 0.333. The number of halogens is 1. The first-order chi connectivity index (χ1) is 8.04. The van der Waals surface area contributed by atoms with Crippen LogP contribution in [0, 0.1) is 0 Å². The van der Waals surface area contributed by atoms with Gasteiger partial charge in [0.25, 0.3) is 5.91 Å². The largest absolute Gasteiger partial charge is 0.496 e. The van der Waals surface area contributed by atoms with Crippen LogP contribution in [0.2, 0.25) is 0 Å². The Morgan fingerprint density at radius 3 is 2.65 bits per heavy atom. The van der Waals surface area contributed by atoms with Crippen LogP contribution in [-0.2, 0) is 16.0 Å². The molecule has 92 valence electrons. The highest BCUT2D eigenvalue weighted by atomic mass is 79.9. The normalized spacial score (nSPS) is 9.82. The zero-order chi connectivity index (χ0) is 12.8. The quantitative estimate of drug-likeness (QED) is 0.842. The maximum absolute atomic E-state index is 11.0. The van der Waals surface area contributed by atoms with E-state index in [1.165, 1.54) is 6.92 Å². The molecule has 0 fully saturated rings. The number of Topliss-reactive ketones (excluding diaryl/α,β-unsaturated/α-hetero) is 1. The highest BCUT2D eigenvalue weighted by Gasteiger charge is 2.06. The van der Waals surface area contributed by atoms with E-state index in [2.05, 4.69) is 21.2 Å². The number of carbonyl (C=O) groups excluding carboxylic acids is 2. The molecule has 5 heteroatoms. The first-order valence-electron chi connectivity index (χ1n) is 5.15. The van der Waals surface area contributed by atoms with E-state index >= 15 is 0 Å². The monoisotopic (exact) mass is 299 g/mol. The van der Waals surface area contributed by atoms with Gasteiger partial charge in [-0.15, -0.1) is 0 Å². The van der Waals surface area contributed by atoms with Crippen molar-refractivity contribution in [3.05, 3.63) is 28.2 Å². The number of carbonyl (C=O) groups is 2. The van der Waals surface area contributed by atoms with Gasteiger partial charge in [0, 0.05) is 13.5 Å². The third-order valence-electron chi connectivity index (χ3n) is 2.24. The molecule has 1 aromatic rings. The lowest BCUT2D eigenvalue weighted by Gasteiger charge is -2.06. The second-order valence-corrected chi connectivity index (χ2v) is 4.39. The molecule has 0 bridgehead atoms. The molecule has 0 heterocycles. The second-order valence-electron chi connectivity index (χ2n) is 3.53. The van der Waals surface area contributed by atoms with Crippen LogP contribution in [0.4, 0.5) is 0 Å². The molecule has 1 aromatic carbocycles. The van der Waals surface area contributed by atoms with Crippen molar-refractivity contribution in [2.45, 2.75) is 13.3 Å². The maximum Gasteiger partial charge on any atom is 0.287 e. The molecular weight excluding hydrogens is 286 g/mol. The van der Waals surface area contributed by atoms with Crippen molar-refractivity contribution < 1.29 is 14.3 Å². The van der Waals surface area contributed by atoms with Gasteiger partial charge < -0.3 is 10.1 Å². The van der Waals surface area contributed by atoms with Gasteiger partial charge in [0.2, 0.25) is 5.78 Å². The van der Waals surface area contributed by atoms with Gasteiger partial charge in [-0.05, 0) is 40.0 Å². The van der Waals surface area contributed by atoms with Gasteiger partial charge >= 0.3 is 0 Å². The van der Waals surface area contributed by atoms with Crippen LogP contribution in [0.3, 0.4) is 0 Å². The van der Waals surface area contributed by atoms with Gasteiger partial charge in [0.05, 0.1) is 11.6 Å². The number of rotatable bonds is 5. The summed E-state index contributed by atoms with van der Waals surface area (Å²) in [5, 5.41) is 2.54. The smallest absolute Gasteiger partial charge is 0.287 e. The molecule has 0 aliphatic carbocycles. The summed E-state index contributed by atoms with van der Waals surface area (Å²) in [6.45, 7) is 1.69. The van der Waals surface area contributed by atoms with E-state index in [-0.39, 0.29) is 0 Å². The second kappa shape index (κ2) is 6.39. The molecule has 1 amide bonds. The van der Waals surface area contributed by atoms with E-state index in [0.29, 0.717) is 13.0 Å². The van der Waals surface area contributed by atoms with Crippen molar-refractivity contribution in [1.82, 2.24) is 5.32 Å². The van der Waals surface area contributed by atoms with E-state index < -0.39 is 11.7 Å². The first-order valence-corrected chi connectivity index (χ1v) is 5.95. The first kappa shape index (κ1) is 13.7. The zero-order valence-corrected chi connectivity index (χ0v) is 11.3. The summed E-state index contributed by atoms with van der Waals surface area (Å²) in [4.78, 5) is 21.7. The molecule has 0 unspecified atom stereocenters. The Balaban J connectivity index is 2.50. The average Bonchev–Trinajstić information content (AvgIpc) is 2.29. The van der Waals surface area contributed by atoms with Gasteiger partial charge in [0.1, 0.15) is 5.75 Å². The summed E-state index contributed by atoms with van der Waals surface area (Å²) < 4.78 is 5.98. The Hall–Kier alpha value is -1.36. The minimum absolute atomic E-state index is 0.442. The lowest BCUT2D eigenvalue weighted by molar-refractivity contribution is -0.136.